The van der Waals surface area contributed by atoms with Crippen molar-refractivity contribution in [3.8, 4) is 5.75 Å². The Balaban J connectivity index is 2.33. The molecule has 0 heterocycles. The van der Waals surface area contributed by atoms with Crippen molar-refractivity contribution >= 4 is 43.5 Å². The molecule has 0 fully saturated rings. The zero-order valence-electron chi connectivity index (χ0n) is 11.4. The number of hydrazine groups is 1. The van der Waals surface area contributed by atoms with Gasteiger partial charge >= 0.3 is 0 Å². The lowest BCUT2D eigenvalue weighted by atomic mass is 9.98. The van der Waals surface area contributed by atoms with E-state index in [4.69, 9.17) is 22.2 Å². The molecular formula is C15H15Br2ClN2O. The Labute approximate surface area is 146 Å². The maximum Gasteiger partial charge on any atom is 0.122 e. The van der Waals surface area contributed by atoms with Gasteiger partial charge in [0.2, 0.25) is 0 Å². The standard InChI is InChI=1S/C15H15Br2ClN2O/c1-21-15-5-3-10(16)6-9(15)7-14(20-19)12-4-2-11(17)8-13(12)18/h2-6,8,14,20H,7,19H2,1H3. The van der Waals surface area contributed by atoms with Gasteiger partial charge in [0, 0.05) is 14.0 Å². The van der Waals surface area contributed by atoms with Crippen molar-refractivity contribution in [1.29, 1.82) is 0 Å². The minimum Gasteiger partial charge on any atom is -0.496 e. The Hall–Kier alpha value is -0.590. The fraction of sp³-hybridized carbons (Fsp3) is 0.200. The predicted octanol–water partition coefficient (Wildman–Crippen LogP) is 4.62. The van der Waals surface area contributed by atoms with Gasteiger partial charge in [-0.1, -0.05) is 49.5 Å². The Morgan fingerprint density at radius 1 is 1.19 bits per heavy atom. The number of ether oxygens (including phenoxy) is 1. The number of nitrogens with two attached hydrogens (primary N) is 1. The summed E-state index contributed by atoms with van der Waals surface area (Å²) in [6.45, 7) is 0. The molecule has 0 aliphatic rings. The van der Waals surface area contributed by atoms with Crippen molar-refractivity contribution in [1.82, 2.24) is 5.43 Å². The van der Waals surface area contributed by atoms with E-state index in [-0.39, 0.29) is 6.04 Å². The van der Waals surface area contributed by atoms with Gasteiger partial charge in [0.25, 0.3) is 0 Å². The van der Waals surface area contributed by atoms with Gasteiger partial charge in [-0.25, -0.2) is 0 Å². The normalized spacial score (nSPS) is 12.2. The van der Waals surface area contributed by atoms with Crippen LogP contribution in [0.15, 0.2) is 45.3 Å². The van der Waals surface area contributed by atoms with Gasteiger partial charge in [-0.05, 0) is 47.9 Å². The van der Waals surface area contributed by atoms with Crippen LogP contribution in [0.5, 0.6) is 5.75 Å². The van der Waals surface area contributed by atoms with Crippen molar-refractivity contribution in [2.24, 2.45) is 5.84 Å². The van der Waals surface area contributed by atoms with Crippen molar-refractivity contribution < 1.29 is 4.74 Å². The third-order valence-corrected chi connectivity index (χ3v) is 4.52. The fourth-order valence-electron chi connectivity index (χ4n) is 2.17. The molecule has 0 aromatic heterocycles. The van der Waals surface area contributed by atoms with Crippen LogP contribution in [0.4, 0.5) is 0 Å². The van der Waals surface area contributed by atoms with Crippen LogP contribution in [0.3, 0.4) is 0 Å². The van der Waals surface area contributed by atoms with Crippen molar-refractivity contribution in [2.45, 2.75) is 12.5 Å². The van der Waals surface area contributed by atoms with E-state index in [9.17, 15) is 0 Å². The highest BCUT2D eigenvalue weighted by molar-refractivity contribution is 9.10. The molecule has 112 valence electrons. The zero-order valence-corrected chi connectivity index (χ0v) is 15.3. The van der Waals surface area contributed by atoms with E-state index >= 15 is 0 Å². The molecule has 0 bridgehead atoms. The van der Waals surface area contributed by atoms with E-state index in [1.807, 2.05) is 36.4 Å². The zero-order chi connectivity index (χ0) is 15.4. The SMILES string of the molecule is COc1ccc(Br)cc1CC(NN)c1ccc(Br)cc1Cl. The summed E-state index contributed by atoms with van der Waals surface area (Å²) >= 11 is 13.2. The molecular weight excluding hydrogens is 419 g/mol. The topological polar surface area (TPSA) is 47.3 Å². The van der Waals surface area contributed by atoms with Gasteiger partial charge in [0.15, 0.2) is 0 Å². The Morgan fingerprint density at radius 2 is 1.86 bits per heavy atom. The average molecular weight is 435 g/mol. The molecule has 1 atom stereocenters. The predicted molar refractivity (Wildman–Crippen MR) is 93.6 cm³/mol. The molecule has 21 heavy (non-hydrogen) atoms. The van der Waals surface area contributed by atoms with Gasteiger partial charge in [-0.3, -0.25) is 11.3 Å². The molecule has 2 aromatic rings. The lowest BCUT2D eigenvalue weighted by molar-refractivity contribution is 0.405. The van der Waals surface area contributed by atoms with Crippen LogP contribution in [0, 0.1) is 0 Å². The molecule has 0 aliphatic carbocycles. The van der Waals surface area contributed by atoms with E-state index in [0.717, 1.165) is 25.8 Å². The van der Waals surface area contributed by atoms with E-state index < -0.39 is 0 Å². The van der Waals surface area contributed by atoms with Crippen LogP contribution in [0.25, 0.3) is 0 Å². The summed E-state index contributed by atoms with van der Waals surface area (Å²) in [5, 5.41) is 0.668. The minimum atomic E-state index is -0.103. The van der Waals surface area contributed by atoms with Gasteiger partial charge < -0.3 is 4.74 Å². The molecule has 3 nitrogen and oxygen atoms in total. The van der Waals surface area contributed by atoms with Gasteiger partial charge in [-0.15, -0.1) is 0 Å². The van der Waals surface area contributed by atoms with E-state index in [2.05, 4.69) is 37.3 Å². The highest BCUT2D eigenvalue weighted by atomic mass is 79.9. The summed E-state index contributed by atoms with van der Waals surface area (Å²) in [5.41, 5.74) is 4.83. The quantitative estimate of drug-likeness (QED) is 0.533. The molecule has 3 N–H and O–H groups in total. The molecule has 2 rings (SSSR count). The van der Waals surface area contributed by atoms with E-state index in [0.29, 0.717) is 11.4 Å². The first-order valence-corrected chi connectivity index (χ1v) is 8.25. The number of hydrogen-bond acceptors (Lipinski definition) is 3. The van der Waals surface area contributed by atoms with Crippen LogP contribution in [0.2, 0.25) is 5.02 Å². The van der Waals surface area contributed by atoms with Crippen molar-refractivity contribution in [2.75, 3.05) is 7.11 Å². The van der Waals surface area contributed by atoms with Gasteiger partial charge in [0.1, 0.15) is 5.75 Å². The third kappa shape index (κ3) is 4.20. The third-order valence-electron chi connectivity index (χ3n) is 3.21. The highest BCUT2D eigenvalue weighted by Crippen LogP contribution is 2.31. The van der Waals surface area contributed by atoms with Crippen LogP contribution in [0.1, 0.15) is 17.2 Å². The first-order valence-electron chi connectivity index (χ1n) is 6.28. The monoisotopic (exact) mass is 432 g/mol. The first-order chi connectivity index (χ1) is 10.0. The Kier molecular flexibility index (Phi) is 6.08. The van der Waals surface area contributed by atoms with Crippen molar-refractivity contribution in [3.63, 3.8) is 0 Å². The molecule has 0 radical (unpaired) electrons. The number of nitrogens with one attached hydrogen (secondary N) is 1. The number of rotatable bonds is 5. The molecule has 0 saturated heterocycles. The van der Waals surface area contributed by atoms with Crippen LogP contribution < -0.4 is 16.0 Å². The fourth-order valence-corrected chi connectivity index (χ4v) is 3.38. The number of halogens is 3. The second kappa shape index (κ2) is 7.61. The van der Waals surface area contributed by atoms with E-state index in [1.165, 1.54) is 0 Å². The number of benzene rings is 2. The second-order valence-electron chi connectivity index (χ2n) is 4.55. The summed E-state index contributed by atoms with van der Waals surface area (Å²) in [7, 11) is 1.66. The minimum absolute atomic E-state index is 0.103. The smallest absolute Gasteiger partial charge is 0.122 e. The van der Waals surface area contributed by atoms with Crippen LogP contribution >= 0.6 is 43.5 Å². The highest BCUT2D eigenvalue weighted by Gasteiger charge is 2.16. The lowest BCUT2D eigenvalue weighted by Crippen LogP contribution is -2.30. The average Bonchev–Trinajstić information content (AvgIpc) is 2.45. The molecule has 0 aliphatic heterocycles. The Bertz CT molecular complexity index is 637. The second-order valence-corrected chi connectivity index (χ2v) is 6.78. The summed E-state index contributed by atoms with van der Waals surface area (Å²) in [6.07, 6.45) is 0.667. The van der Waals surface area contributed by atoms with Crippen LogP contribution in [-0.2, 0) is 6.42 Å². The molecule has 0 amide bonds. The number of methoxy groups -OCH3 is 1. The molecule has 6 heteroatoms. The van der Waals surface area contributed by atoms with Crippen molar-refractivity contribution in [3.05, 3.63) is 61.5 Å². The lowest BCUT2D eigenvalue weighted by Gasteiger charge is -2.19. The summed E-state index contributed by atoms with van der Waals surface area (Å²) in [6, 6.07) is 11.6. The molecule has 1 unspecified atom stereocenters. The summed E-state index contributed by atoms with van der Waals surface area (Å²) in [4.78, 5) is 0. The number of hydrogen-bond donors (Lipinski definition) is 2. The van der Waals surface area contributed by atoms with Crippen LogP contribution in [-0.4, -0.2) is 7.11 Å². The molecule has 2 aromatic carbocycles. The van der Waals surface area contributed by atoms with E-state index in [1.54, 1.807) is 7.11 Å². The maximum absolute atomic E-state index is 6.31. The molecule has 0 spiro atoms. The summed E-state index contributed by atoms with van der Waals surface area (Å²) < 4.78 is 7.33. The summed E-state index contributed by atoms with van der Waals surface area (Å²) in [5.74, 6) is 6.54. The molecule has 0 saturated carbocycles. The largest absolute Gasteiger partial charge is 0.496 e. The maximum atomic E-state index is 6.31. The van der Waals surface area contributed by atoms with Gasteiger partial charge in [-0.2, -0.15) is 0 Å². The first kappa shape index (κ1) is 16.8. The Morgan fingerprint density at radius 3 is 2.48 bits per heavy atom. The van der Waals surface area contributed by atoms with Gasteiger partial charge in [0.05, 0.1) is 13.2 Å².